The minimum absolute atomic E-state index is 0.0249. The third kappa shape index (κ3) is 5.38. The van der Waals surface area contributed by atoms with Gasteiger partial charge in [-0.15, -0.1) is 0 Å². The molecule has 9 heteroatoms. The lowest BCUT2D eigenvalue weighted by atomic mass is 9.98. The number of sulfonamides is 1. The van der Waals surface area contributed by atoms with Crippen LogP contribution in [0.25, 0.3) is 0 Å². The molecule has 3 aromatic rings. The smallest absolute Gasteiger partial charge is 0.271 e. The van der Waals surface area contributed by atoms with Gasteiger partial charge >= 0.3 is 0 Å². The van der Waals surface area contributed by atoms with E-state index in [1.165, 1.54) is 30.3 Å². The molecule has 0 saturated heterocycles. The number of para-hydroxylation sites is 1. The number of hydrogen-bond acceptors (Lipinski definition) is 5. The molecule has 0 aliphatic rings. The number of nitrogens with one attached hydrogen (secondary N) is 1. The van der Waals surface area contributed by atoms with Gasteiger partial charge in [-0.25, -0.2) is 8.42 Å². The van der Waals surface area contributed by atoms with E-state index in [2.05, 4.69) is 5.32 Å². The molecule has 0 saturated carbocycles. The maximum absolute atomic E-state index is 13.4. The predicted molar refractivity (Wildman–Crippen MR) is 128 cm³/mol. The monoisotopic (exact) mass is 467 g/mol. The molecule has 0 heterocycles. The van der Waals surface area contributed by atoms with Crippen molar-refractivity contribution in [3.05, 3.63) is 94.0 Å². The molecule has 0 fully saturated rings. The molecule has 3 rings (SSSR count). The second-order valence-electron chi connectivity index (χ2n) is 7.84. The van der Waals surface area contributed by atoms with E-state index >= 15 is 0 Å². The molecule has 172 valence electrons. The van der Waals surface area contributed by atoms with Crippen LogP contribution >= 0.6 is 0 Å². The Bertz CT molecular complexity index is 1270. The van der Waals surface area contributed by atoms with Crippen LogP contribution in [-0.2, 0) is 14.8 Å². The van der Waals surface area contributed by atoms with E-state index in [9.17, 15) is 23.3 Å². The van der Waals surface area contributed by atoms with Crippen molar-refractivity contribution < 1.29 is 18.1 Å². The van der Waals surface area contributed by atoms with Gasteiger partial charge in [0.15, 0.2) is 0 Å². The molecule has 0 bridgehead atoms. The molecular formula is C24H25N3O5S. The molecule has 1 amide bonds. The van der Waals surface area contributed by atoms with Crippen LogP contribution in [0.3, 0.4) is 0 Å². The largest absolute Gasteiger partial charge is 0.324 e. The highest BCUT2D eigenvalue weighted by molar-refractivity contribution is 7.92. The number of carbonyl (C=O) groups is 1. The fourth-order valence-electron chi connectivity index (χ4n) is 3.45. The van der Waals surface area contributed by atoms with Gasteiger partial charge < -0.3 is 5.32 Å². The SMILES string of the molecule is Cc1cccc(C(C)C)c1NC(=O)CN(c1cccc([N+](=O)[O-])c1)S(=O)(=O)c1ccccc1. The normalized spacial score (nSPS) is 11.3. The summed E-state index contributed by atoms with van der Waals surface area (Å²) in [6.45, 7) is 5.31. The summed E-state index contributed by atoms with van der Waals surface area (Å²) in [5.74, 6) is -0.418. The van der Waals surface area contributed by atoms with Crippen molar-refractivity contribution >= 4 is 33.0 Å². The summed E-state index contributed by atoms with van der Waals surface area (Å²) in [5.41, 5.74) is 2.16. The molecular weight excluding hydrogens is 442 g/mol. The maximum atomic E-state index is 13.4. The molecule has 0 atom stereocenters. The maximum Gasteiger partial charge on any atom is 0.271 e. The van der Waals surface area contributed by atoms with Crippen LogP contribution in [0.4, 0.5) is 17.1 Å². The molecule has 0 aliphatic heterocycles. The number of benzene rings is 3. The average Bonchev–Trinajstić information content (AvgIpc) is 2.79. The van der Waals surface area contributed by atoms with E-state index in [4.69, 9.17) is 0 Å². The highest BCUT2D eigenvalue weighted by Gasteiger charge is 2.28. The number of carbonyl (C=O) groups excluding carboxylic acids is 1. The number of amides is 1. The van der Waals surface area contributed by atoms with E-state index < -0.39 is 27.4 Å². The van der Waals surface area contributed by atoms with Crippen molar-refractivity contribution in [2.24, 2.45) is 0 Å². The van der Waals surface area contributed by atoms with Gasteiger partial charge in [0.1, 0.15) is 6.54 Å². The zero-order chi connectivity index (χ0) is 24.2. The van der Waals surface area contributed by atoms with Crippen LogP contribution < -0.4 is 9.62 Å². The third-order valence-electron chi connectivity index (χ3n) is 5.14. The Hall–Kier alpha value is -3.72. The number of nitro benzene ring substituents is 1. The van der Waals surface area contributed by atoms with Crippen LogP contribution in [-0.4, -0.2) is 25.8 Å². The van der Waals surface area contributed by atoms with Gasteiger partial charge in [-0.05, 0) is 42.2 Å². The van der Waals surface area contributed by atoms with E-state index in [1.54, 1.807) is 18.2 Å². The zero-order valence-electron chi connectivity index (χ0n) is 18.6. The number of rotatable bonds is 8. The van der Waals surface area contributed by atoms with Gasteiger partial charge in [-0.1, -0.05) is 56.3 Å². The minimum atomic E-state index is -4.17. The summed E-state index contributed by atoms with van der Waals surface area (Å²) >= 11 is 0. The van der Waals surface area contributed by atoms with Gasteiger partial charge in [0, 0.05) is 17.8 Å². The van der Waals surface area contributed by atoms with Crippen LogP contribution in [0.1, 0.15) is 30.9 Å². The predicted octanol–water partition coefficient (Wildman–Crippen LogP) is 4.86. The topological polar surface area (TPSA) is 110 Å². The van der Waals surface area contributed by atoms with E-state index in [0.717, 1.165) is 21.5 Å². The molecule has 0 radical (unpaired) electrons. The van der Waals surface area contributed by atoms with Crippen LogP contribution in [0, 0.1) is 17.0 Å². The Morgan fingerprint density at radius 1 is 1.03 bits per heavy atom. The number of aryl methyl sites for hydroxylation is 1. The Balaban J connectivity index is 2.02. The number of nitro groups is 1. The van der Waals surface area contributed by atoms with Gasteiger partial charge in [-0.3, -0.25) is 19.2 Å². The fourth-order valence-corrected chi connectivity index (χ4v) is 4.88. The van der Waals surface area contributed by atoms with Crippen LogP contribution in [0.15, 0.2) is 77.7 Å². The summed E-state index contributed by atoms with van der Waals surface area (Å²) in [4.78, 5) is 23.7. The Morgan fingerprint density at radius 2 is 1.70 bits per heavy atom. The van der Waals surface area contributed by atoms with Gasteiger partial charge in [0.25, 0.3) is 15.7 Å². The molecule has 0 spiro atoms. The molecule has 33 heavy (non-hydrogen) atoms. The van der Waals surface area contributed by atoms with Gasteiger partial charge in [0.2, 0.25) is 5.91 Å². The number of anilines is 2. The second kappa shape index (κ2) is 9.83. The number of non-ortho nitro benzene ring substituents is 1. The molecule has 1 N–H and O–H groups in total. The Kier molecular flexibility index (Phi) is 7.13. The van der Waals surface area contributed by atoms with E-state index in [0.29, 0.717) is 5.69 Å². The van der Waals surface area contributed by atoms with Gasteiger partial charge in [-0.2, -0.15) is 0 Å². The highest BCUT2D eigenvalue weighted by Crippen LogP contribution is 2.29. The van der Waals surface area contributed by atoms with Crippen molar-refractivity contribution in [3.8, 4) is 0 Å². The summed E-state index contributed by atoms with van der Waals surface area (Å²) in [5, 5.41) is 14.1. The number of hydrogen-bond donors (Lipinski definition) is 1. The van der Waals surface area contributed by atoms with Crippen molar-refractivity contribution in [2.75, 3.05) is 16.2 Å². The standard InChI is InChI=1S/C24H25N3O5S/c1-17(2)22-14-7-9-18(3)24(22)25-23(28)16-26(19-10-8-11-20(15-19)27(29)30)33(31,32)21-12-5-4-6-13-21/h4-15,17H,16H2,1-3H3,(H,25,28). The van der Waals surface area contributed by atoms with E-state index in [1.807, 2.05) is 39.0 Å². The van der Waals surface area contributed by atoms with Crippen molar-refractivity contribution in [1.29, 1.82) is 0 Å². The summed E-state index contributed by atoms with van der Waals surface area (Å²) in [6.07, 6.45) is 0. The van der Waals surface area contributed by atoms with Crippen LogP contribution in [0.2, 0.25) is 0 Å². The van der Waals surface area contributed by atoms with Crippen LogP contribution in [0.5, 0.6) is 0 Å². The quantitative estimate of drug-likeness (QED) is 0.376. The first-order chi connectivity index (χ1) is 15.6. The molecule has 8 nitrogen and oxygen atoms in total. The molecule has 0 aliphatic carbocycles. The summed E-state index contributed by atoms with van der Waals surface area (Å²) in [6, 6.07) is 18.5. The van der Waals surface area contributed by atoms with E-state index in [-0.39, 0.29) is 22.2 Å². The highest BCUT2D eigenvalue weighted by atomic mass is 32.2. The lowest BCUT2D eigenvalue weighted by Crippen LogP contribution is -2.38. The average molecular weight is 468 g/mol. The third-order valence-corrected chi connectivity index (χ3v) is 6.93. The van der Waals surface area contributed by atoms with Crippen molar-refractivity contribution in [2.45, 2.75) is 31.6 Å². The fraction of sp³-hybridized carbons (Fsp3) is 0.208. The van der Waals surface area contributed by atoms with Crippen molar-refractivity contribution in [3.63, 3.8) is 0 Å². The summed E-state index contributed by atoms with van der Waals surface area (Å²) < 4.78 is 27.7. The second-order valence-corrected chi connectivity index (χ2v) is 9.71. The Morgan fingerprint density at radius 3 is 2.33 bits per heavy atom. The zero-order valence-corrected chi connectivity index (χ0v) is 19.4. The van der Waals surface area contributed by atoms with Gasteiger partial charge in [0.05, 0.1) is 15.5 Å². The first kappa shape index (κ1) is 23.9. The minimum Gasteiger partial charge on any atom is -0.324 e. The summed E-state index contributed by atoms with van der Waals surface area (Å²) in [7, 11) is -4.17. The lowest BCUT2D eigenvalue weighted by Gasteiger charge is -2.25. The first-order valence-electron chi connectivity index (χ1n) is 10.3. The molecule has 0 aromatic heterocycles. The first-order valence-corrected chi connectivity index (χ1v) is 11.8. The molecule has 3 aromatic carbocycles. The van der Waals surface area contributed by atoms with Crippen molar-refractivity contribution in [1.82, 2.24) is 0 Å². The lowest BCUT2D eigenvalue weighted by molar-refractivity contribution is -0.384. The molecule has 0 unspecified atom stereocenters. The Labute approximate surface area is 193 Å². The number of nitrogens with zero attached hydrogens (tertiary/aromatic N) is 2.